The van der Waals surface area contributed by atoms with E-state index in [1.54, 1.807) is 7.11 Å². The number of methoxy groups -OCH3 is 1. The highest BCUT2D eigenvalue weighted by Gasteiger charge is 2.17. The third kappa shape index (κ3) is 5.83. The zero-order chi connectivity index (χ0) is 19.1. The number of benzene rings is 2. The van der Waals surface area contributed by atoms with Gasteiger partial charge < -0.3 is 10.1 Å². The van der Waals surface area contributed by atoms with Crippen LogP contribution in [0, 0.1) is 0 Å². The predicted octanol–water partition coefficient (Wildman–Crippen LogP) is 3.93. The maximum atomic E-state index is 12.2. The Hall–Kier alpha value is -2.33. The Kier molecular flexibility index (Phi) is 6.88. The number of carbonyl (C=O) groups excluding carboxylic acids is 1. The first-order valence-electron chi connectivity index (χ1n) is 9.85. The summed E-state index contributed by atoms with van der Waals surface area (Å²) in [6.07, 6.45) is 4.35. The Labute approximate surface area is 162 Å². The van der Waals surface area contributed by atoms with E-state index >= 15 is 0 Å². The molecule has 1 saturated heterocycles. The molecular formula is C23H30N2O2. The quantitative estimate of drug-likeness (QED) is 0.807. The molecule has 1 N–H and O–H groups in total. The number of rotatable bonds is 7. The molecule has 1 fully saturated rings. The normalized spacial score (nSPS) is 17.5. The minimum Gasteiger partial charge on any atom is -0.497 e. The number of piperidine rings is 1. The van der Waals surface area contributed by atoms with Gasteiger partial charge >= 0.3 is 0 Å². The van der Waals surface area contributed by atoms with Crippen LogP contribution < -0.4 is 10.1 Å². The lowest BCUT2D eigenvalue weighted by molar-refractivity contribution is -0.120. The standard InChI is InChI=1S/C23H30N2O2/c1-18-5-3-4-14-25(18)17-21-8-6-20(7-9-21)16-24-23(26)15-19-10-12-22(27-2)13-11-19/h6-13,18H,3-5,14-17H2,1-2H3,(H,24,26)/t18-/m0/s1. The highest BCUT2D eigenvalue weighted by atomic mass is 16.5. The van der Waals surface area contributed by atoms with Crippen LogP contribution in [0.15, 0.2) is 48.5 Å². The van der Waals surface area contributed by atoms with Crippen molar-refractivity contribution in [3.63, 3.8) is 0 Å². The molecule has 2 aromatic rings. The molecule has 0 bridgehead atoms. The van der Waals surface area contributed by atoms with Crippen molar-refractivity contribution >= 4 is 5.91 Å². The summed E-state index contributed by atoms with van der Waals surface area (Å²) in [6.45, 7) is 5.11. The Bertz CT molecular complexity index is 725. The molecule has 4 nitrogen and oxygen atoms in total. The predicted molar refractivity (Wildman–Crippen MR) is 109 cm³/mol. The first-order valence-corrected chi connectivity index (χ1v) is 9.85. The van der Waals surface area contributed by atoms with Crippen LogP contribution in [0.2, 0.25) is 0 Å². The van der Waals surface area contributed by atoms with Crippen LogP contribution in [0.1, 0.15) is 42.9 Å². The first kappa shape index (κ1) is 19.4. The third-order valence-electron chi connectivity index (χ3n) is 5.36. The highest BCUT2D eigenvalue weighted by molar-refractivity contribution is 5.78. The van der Waals surface area contributed by atoms with Gasteiger partial charge in [0.1, 0.15) is 5.75 Å². The number of carbonyl (C=O) groups is 1. The number of hydrogen-bond acceptors (Lipinski definition) is 3. The number of ether oxygens (including phenoxy) is 1. The molecule has 0 radical (unpaired) electrons. The number of likely N-dealkylation sites (tertiary alicyclic amines) is 1. The van der Waals surface area contributed by atoms with Crippen LogP contribution in [0.25, 0.3) is 0 Å². The molecule has 1 aliphatic rings. The molecule has 144 valence electrons. The van der Waals surface area contributed by atoms with Crippen molar-refractivity contribution in [2.75, 3.05) is 13.7 Å². The van der Waals surface area contributed by atoms with Gasteiger partial charge in [0.15, 0.2) is 0 Å². The van der Waals surface area contributed by atoms with Gasteiger partial charge in [0, 0.05) is 19.1 Å². The Balaban J connectivity index is 1.45. The average molecular weight is 367 g/mol. The molecule has 1 amide bonds. The number of nitrogens with zero attached hydrogens (tertiary/aromatic N) is 1. The van der Waals surface area contributed by atoms with Gasteiger partial charge in [0.2, 0.25) is 5.91 Å². The summed E-state index contributed by atoms with van der Waals surface area (Å²) in [5.74, 6) is 0.838. The molecule has 2 aromatic carbocycles. The molecule has 0 spiro atoms. The molecule has 0 aromatic heterocycles. The molecule has 0 saturated carbocycles. The van der Waals surface area contributed by atoms with Gasteiger partial charge in [-0.2, -0.15) is 0 Å². The molecule has 1 aliphatic heterocycles. The lowest BCUT2D eigenvalue weighted by atomic mass is 10.0. The highest BCUT2D eigenvalue weighted by Crippen LogP contribution is 2.19. The van der Waals surface area contributed by atoms with Crippen molar-refractivity contribution in [2.24, 2.45) is 0 Å². The van der Waals surface area contributed by atoms with Gasteiger partial charge in [-0.05, 0) is 55.1 Å². The van der Waals surface area contributed by atoms with Crippen LogP contribution in [-0.4, -0.2) is 30.5 Å². The van der Waals surface area contributed by atoms with Gasteiger partial charge in [-0.15, -0.1) is 0 Å². The molecule has 27 heavy (non-hydrogen) atoms. The minimum atomic E-state index is 0.0337. The third-order valence-corrected chi connectivity index (χ3v) is 5.36. The van der Waals surface area contributed by atoms with Crippen LogP contribution in [0.5, 0.6) is 5.75 Å². The molecule has 0 aliphatic carbocycles. The van der Waals surface area contributed by atoms with Crippen molar-refractivity contribution in [3.05, 3.63) is 65.2 Å². The van der Waals surface area contributed by atoms with Gasteiger partial charge in [0.25, 0.3) is 0 Å². The van der Waals surface area contributed by atoms with E-state index in [0.29, 0.717) is 19.0 Å². The summed E-state index contributed by atoms with van der Waals surface area (Å²) in [5, 5.41) is 3.00. The Morgan fingerprint density at radius 1 is 1.04 bits per heavy atom. The van der Waals surface area contributed by atoms with Crippen LogP contribution in [0.3, 0.4) is 0 Å². The fourth-order valence-electron chi connectivity index (χ4n) is 3.58. The van der Waals surface area contributed by atoms with Gasteiger partial charge in [-0.1, -0.05) is 42.8 Å². The fraction of sp³-hybridized carbons (Fsp3) is 0.435. The van der Waals surface area contributed by atoms with E-state index in [1.165, 1.54) is 31.4 Å². The zero-order valence-corrected chi connectivity index (χ0v) is 16.4. The molecule has 1 atom stereocenters. The molecule has 0 unspecified atom stereocenters. The summed E-state index contributed by atoms with van der Waals surface area (Å²) in [6, 6.07) is 16.9. The SMILES string of the molecule is COc1ccc(CC(=O)NCc2ccc(CN3CCCC[C@@H]3C)cc2)cc1. The van der Waals surface area contributed by atoms with Crippen molar-refractivity contribution < 1.29 is 9.53 Å². The fourth-order valence-corrected chi connectivity index (χ4v) is 3.58. The van der Waals surface area contributed by atoms with E-state index in [1.807, 2.05) is 24.3 Å². The summed E-state index contributed by atoms with van der Waals surface area (Å²) in [5.41, 5.74) is 3.46. The number of hydrogen-bond donors (Lipinski definition) is 1. The number of amides is 1. The van der Waals surface area contributed by atoms with Crippen LogP contribution in [0.4, 0.5) is 0 Å². The van der Waals surface area contributed by atoms with Crippen molar-refractivity contribution in [1.29, 1.82) is 0 Å². The van der Waals surface area contributed by atoms with Gasteiger partial charge in [-0.25, -0.2) is 0 Å². The van der Waals surface area contributed by atoms with Gasteiger partial charge in [-0.3, -0.25) is 9.69 Å². The maximum absolute atomic E-state index is 12.2. The summed E-state index contributed by atoms with van der Waals surface area (Å²) in [7, 11) is 1.64. The van der Waals surface area contributed by atoms with E-state index in [4.69, 9.17) is 4.74 Å². The topological polar surface area (TPSA) is 41.6 Å². The lowest BCUT2D eigenvalue weighted by Gasteiger charge is -2.33. The summed E-state index contributed by atoms with van der Waals surface area (Å²) in [4.78, 5) is 14.7. The second-order valence-electron chi connectivity index (χ2n) is 7.43. The first-order chi connectivity index (χ1) is 13.1. The smallest absolute Gasteiger partial charge is 0.224 e. The molecule has 1 heterocycles. The number of nitrogens with one attached hydrogen (secondary N) is 1. The molecule has 3 rings (SSSR count). The zero-order valence-electron chi connectivity index (χ0n) is 16.4. The van der Waals surface area contributed by atoms with Crippen molar-refractivity contribution in [1.82, 2.24) is 10.2 Å². The van der Waals surface area contributed by atoms with E-state index < -0.39 is 0 Å². The second kappa shape index (κ2) is 9.56. The van der Waals surface area contributed by atoms with E-state index in [9.17, 15) is 4.79 Å². The molecular weight excluding hydrogens is 336 g/mol. The second-order valence-corrected chi connectivity index (χ2v) is 7.43. The Morgan fingerprint density at radius 2 is 1.70 bits per heavy atom. The van der Waals surface area contributed by atoms with Crippen molar-refractivity contribution in [2.45, 2.75) is 51.7 Å². The molecule has 4 heteroatoms. The van der Waals surface area contributed by atoms with E-state index in [2.05, 4.69) is 41.4 Å². The largest absolute Gasteiger partial charge is 0.497 e. The summed E-state index contributed by atoms with van der Waals surface area (Å²) < 4.78 is 5.14. The monoisotopic (exact) mass is 366 g/mol. The van der Waals surface area contributed by atoms with Crippen LogP contribution in [-0.2, 0) is 24.3 Å². The Morgan fingerprint density at radius 3 is 2.37 bits per heavy atom. The van der Waals surface area contributed by atoms with E-state index in [-0.39, 0.29) is 5.91 Å². The van der Waals surface area contributed by atoms with Crippen LogP contribution >= 0.6 is 0 Å². The minimum absolute atomic E-state index is 0.0337. The van der Waals surface area contributed by atoms with E-state index in [0.717, 1.165) is 23.4 Å². The average Bonchev–Trinajstić information content (AvgIpc) is 2.70. The van der Waals surface area contributed by atoms with Gasteiger partial charge in [0.05, 0.1) is 13.5 Å². The van der Waals surface area contributed by atoms with Crippen molar-refractivity contribution in [3.8, 4) is 5.75 Å². The maximum Gasteiger partial charge on any atom is 0.224 e. The summed E-state index contributed by atoms with van der Waals surface area (Å²) >= 11 is 0. The lowest BCUT2D eigenvalue weighted by Crippen LogP contribution is -2.36.